The Morgan fingerprint density at radius 2 is 2.12 bits per heavy atom. The maximum atomic E-state index is 12.1. The van der Waals surface area contributed by atoms with Crippen LogP contribution in [-0.2, 0) is 11.2 Å². The molecule has 0 bridgehead atoms. The van der Waals surface area contributed by atoms with Gasteiger partial charge in [-0.3, -0.25) is 9.59 Å². The fraction of sp³-hybridized carbons (Fsp3) is 0.176. The van der Waals surface area contributed by atoms with Gasteiger partial charge in [0.05, 0.1) is 17.0 Å². The van der Waals surface area contributed by atoms with Gasteiger partial charge < -0.3 is 19.6 Å². The highest BCUT2D eigenvalue weighted by molar-refractivity contribution is 6.33. The summed E-state index contributed by atoms with van der Waals surface area (Å²) in [6.45, 7) is 0. The number of aromatic nitrogens is 2. The van der Waals surface area contributed by atoms with E-state index in [-0.39, 0.29) is 24.7 Å². The van der Waals surface area contributed by atoms with Crippen molar-refractivity contribution in [2.24, 2.45) is 0 Å². The summed E-state index contributed by atoms with van der Waals surface area (Å²) in [4.78, 5) is 28.0. The second-order valence-electron chi connectivity index (χ2n) is 5.31. The Labute approximate surface area is 153 Å². The van der Waals surface area contributed by atoms with Crippen molar-refractivity contribution in [1.82, 2.24) is 15.5 Å². The van der Waals surface area contributed by atoms with Crippen molar-refractivity contribution in [2.75, 3.05) is 12.4 Å². The molecule has 2 heterocycles. The highest BCUT2D eigenvalue weighted by Gasteiger charge is 2.14. The molecule has 0 saturated carbocycles. The van der Waals surface area contributed by atoms with Gasteiger partial charge >= 0.3 is 0 Å². The summed E-state index contributed by atoms with van der Waals surface area (Å²) >= 11 is 6.07. The van der Waals surface area contributed by atoms with Crippen molar-refractivity contribution in [3.63, 3.8) is 0 Å². The molecular formula is C17H15ClN4O4. The van der Waals surface area contributed by atoms with Crippen molar-refractivity contribution >= 4 is 29.1 Å². The number of hydrogen-bond donors (Lipinski definition) is 2. The molecule has 134 valence electrons. The summed E-state index contributed by atoms with van der Waals surface area (Å²) in [6.07, 6.45) is 1.88. The van der Waals surface area contributed by atoms with Gasteiger partial charge in [-0.15, -0.1) is 0 Å². The Bertz CT molecular complexity index is 921. The average molecular weight is 375 g/mol. The Morgan fingerprint density at radius 3 is 2.85 bits per heavy atom. The van der Waals surface area contributed by atoms with E-state index in [4.69, 9.17) is 20.5 Å². The first-order valence-corrected chi connectivity index (χ1v) is 8.12. The van der Waals surface area contributed by atoms with Crippen LogP contribution in [0.2, 0.25) is 5.02 Å². The summed E-state index contributed by atoms with van der Waals surface area (Å²) in [5.41, 5.74) is 0.756. The molecular weight excluding hydrogens is 360 g/mol. The number of rotatable bonds is 6. The molecule has 0 unspecified atom stereocenters. The largest absolute Gasteiger partial charge is 0.461 e. The number of nitrogens with zero attached hydrogens (tertiary/aromatic N) is 2. The minimum absolute atomic E-state index is 0.111. The lowest BCUT2D eigenvalue weighted by Crippen LogP contribution is -2.18. The third kappa shape index (κ3) is 4.09. The van der Waals surface area contributed by atoms with Crippen LogP contribution in [-0.4, -0.2) is 29.0 Å². The molecule has 9 heteroatoms. The van der Waals surface area contributed by atoms with Crippen LogP contribution in [0.15, 0.2) is 45.5 Å². The maximum absolute atomic E-state index is 12.1. The van der Waals surface area contributed by atoms with E-state index in [9.17, 15) is 9.59 Å². The summed E-state index contributed by atoms with van der Waals surface area (Å²) in [7, 11) is 1.52. The summed E-state index contributed by atoms with van der Waals surface area (Å²) < 4.78 is 10.3. The van der Waals surface area contributed by atoms with Crippen LogP contribution in [0.25, 0.3) is 11.6 Å². The topological polar surface area (TPSA) is 110 Å². The zero-order valence-electron chi connectivity index (χ0n) is 13.8. The van der Waals surface area contributed by atoms with Crippen molar-refractivity contribution in [3.8, 4) is 11.6 Å². The molecule has 26 heavy (non-hydrogen) atoms. The van der Waals surface area contributed by atoms with E-state index in [2.05, 4.69) is 20.8 Å². The van der Waals surface area contributed by atoms with Crippen LogP contribution in [0.3, 0.4) is 0 Å². The van der Waals surface area contributed by atoms with Gasteiger partial charge in [-0.05, 0) is 30.3 Å². The van der Waals surface area contributed by atoms with E-state index >= 15 is 0 Å². The molecule has 3 aromatic rings. The predicted octanol–water partition coefficient (Wildman–Crippen LogP) is 2.91. The van der Waals surface area contributed by atoms with E-state index in [1.807, 2.05) is 0 Å². The first-order valence-electron chi connectivity index (χ1n) is 7.75. The average Bonchev–Trinajstić information content (AvgIpc) is 3.32. The van der Waals surface area contributed by atoms with E-state index < -0.39 is 0 Å². The quantitative estimate of drug-likeness (QED) is 0.686. The molecule has 0 aliphatic rings. The Morgan fingerprint density at radius 1 is 1.27 bits per heavy atom. The lowest BCUT2D eigenvalue weighted by molar-refractivity contribution is -0.116. The van der Waals surface area contributed by atoms with Gasteiger partial charge in [0, 0.05) is 25.5 Å². The minimum Gasteiger partial charge on any atom is -0.461 e. The molecule has 0 saturated heterocycles. The van der Waals surface area contributed by atoms with Crippen molar-refractivity contribution in [1.29, 1.82) is 0 Å². The second kappa shape index (κ2) is 7.83. The van der Waals surface area contributed by atoms with Gasteiger partial charge in [-0.25, -0.2) is 0 Å². The van der Waals surface area contributed by atoms with Crippen LogP contribution in [0.1, 0.15) is 22.7 Å². The summed E-state index contributed by atoms with van der Waals surface area (Å²) in [5, 5.41) is 9.32. The first kappa shape index (κ1) is 17.7. The van der Waals surface area contributed by atoms with Gasteiger partial charge in [0.2, 0.25) is 17.6 Å². The number of carbonyl (C=O) groups excluding carboxylic acids is 2. The zero-order chi connectivity index (χ0) is 18.5. The van der Waals surface area contributed by atoms with Gasteiger partial charge in [-0.1, -0.05) is 16.8 Å². The van der Waals surface area contributed by atoms with Crippen molar-refractivity contribution in [2.45, 2.75) is 12.8 Å². The van der Waals surface area contributed by atoms with Crippen LogP contribution >= 0.6 is 11.6 Å². The van der Waals surface area contributed by atoms with E-state index in [0.717, 1.165) is 0 Å². The van der Waals surface area contributed by atoms with Gasteiger partial charge in [-0.2, -0.15) is 4.98 Å². The Hall–Kier alpha value is -3.13. The molecule has 1 aromatic carbocycles. The molecule has 0 radical (unpaired) electrons. The molecule has 0 fully saturated rings. The van der Waals surface area contributed by atoms with Crippen LogP contribution in [0.4, 0.5) is 5.69 Å². The highest BCUT2D eigenvalue weighted by atomic mass is 35.5. The molecule has 0 aliphatic heterocycles. The Balaban J connectivity index is 1.60. The first-order chi connectivity index (χ1) is 12.6. The lowest BCUT2D eigenvalue weighted by Gasteiger charge is -2.08. The molecule has 3 rings (SSSR count). The number of halogens is 1. The van der Waals surface area contributed by atoms with E-state index in [1.165, 1.54) is 19.4 Å². The monoisotopic (exact) mass is 374 g/mol. The number of carbonyl (C=O) groups is 2. The summed E-state index contributed by atoms with van der Waals surface area (Å²) in [5.74, 6) is 0.568. The third-order valence-electron chi connectivity index (χ3n) is 3.51. The van der Waals surface area contributed by atoms with Gasteiger partial charge in [0.1, 0.15) is 0 Å². The molecule has 0 atom stereocenters. The van der Waals surface area contributed by atoms with E-state index in [0.29, 0.717) is 33.7 Å². The highest BCUT2D eigenvalue weighted by Crippen LogP contribution is 2.23. The van der Waals surface area contributed by atoms with E-state index in [1.54, 1.807) is 24.3 Å². The SMILES string of the molecule is CNC(=O)c1ccc(Cl)c(NC(=O)CCc2nc(-c3ccco3)no2)c1. The smallest absolute Gasteiger partial charge is 0.251 e. The van der Waals surface area contributed by atoms with Gasteiger partial charge in [0.15, 0.2) is 5.76 Å². The normalized spacial score (nSPS) is 10.5. The molecule has 2 N–H and O–H groups in total. The molecule has 0 spiro atoms. The fourth-order valence-corrected chi connectivity index (χ4v) is 2.37. The number of hydrogen-bond acceptors (Lipinski definition) is 6. The standard InChI is InChI=1S/C17H15ClN4O4/c1-19-17(24)10-4-5-11(18)12(9-10)20-14(23)6-7-15-21-16(22-26-15)13-3-2-8-25-13/h2-5,8-9H,6-7H2,1H3,(H,19,24)(H,20,23). The molecule has 0 aliphatic carbocycles. The van der Waals surface area contributed by atoms with Crippen LogP contribution in [0, 0.1) is 0 Å². The zero-order valence-corrected chi connectivity index (χ0v) is 14.5. The lowest BCUT2D eigenvalue weighted by atomic mass is 10.2. The third-order valence-corrected chi connectivity index (χ3v) is 3.83. The molecule has 8 nitrogen and oxygen atoms in total. The number of benzene rings is 1. The van der Waals surface area contributed by atoms with Crippen LogP contribution in [0.5, 0.6) is 0 Å². The van der Waals surface area contributed by atoms with Crippen molar-refractivity contribution in [3.05, 3.63) is 53.1 Å². The van der Waals surface area contributed by atoms with Gasteiger partial charge in [0.25, 0.3) is 5.91 Å². The Kier molecular flexibility index (Phi) is 5.33. The maximum Gasteiger partial charge on any atom is 0.251 e. The number of amides is 2. The van der Waals surface area contributed by atoms with Crippen molar-refractivity contribution < 1.29 is 18.5 Å². The molecule has 2 amide bonds. The predicted molar refractivity (Wildman–Crippen MR) is 93.8 cm³/mol. The number of aryl methyl sites for hydroxylation is 1. The second-order valence-corrected chi connectivity index (χ2v) is 5.72. The fourth-order valence-electron chi connectivity index (χ4n) is 2.20. The molecule has 2 aromatic heterocycles. The number of nitrogens with one attached hydrogen (secondary N) is 2. The number of anilines is 1. The minimum atomic E-state index is -0.293. The number of furan rings is 1. The van der Waals surface area contributed by atoms with Crippen LogP contribution < -0.4 is 10.6 Å². The summed E-state index contributed by atoms with van der Waals surface area (Å²) in [6, 6.07) is 8.07.